The summed E-state index contributed by atoms with van der Waals surface area (Å²) in [4.78, 5) is 20.3. The highest BCUT2D eigenvalue weighted by atomic mass is 32.2. The summed E-state index contributed by atoms with van der Waals surface area (Å²) in [6.07, 6.45) is 0. The lowest BCUT2D eigenvalue weighted by molar-refractivity contribution is -0.118. The van der Waals surface area contributed by atoms with E-state index >= 15 is 0 Å². The van der Waals surface area contributed by atoms with Crippen LogP contribution in [0.25, 0.3) is 0 Å². The number of nitrogens with zero attached hydrogens (tertiary/aromatic N) is 3. The molecule has 20 heavy (non-hydrogen) atoms. The van der Waals surface area contributed by atoms with Gasteiger partial charge in [-0.3, -0.25) is 4.79 Å². The van der Waals surface area contributed by atoms with Crippen LogP contribution in [0.1, 0.15) is 39.1 Å². The molecule has 0 unspecified atom stereocenters. The van der Waals surface area contributed by atoms with Crippen molar-refractivity contribution in [3.05, 3.63) is 17.5 Å². The van der Waals surface area contributed by atoms with E-state index < -0.39 is 0 Å². The Morgan fingerprint density at radius 1 is 1.30 bits per heavy atom. The Hall–Kier alpha value is -1.43. The third-order valence-electron chi connectivity index (χ3n) is 2.73. The molecule has 0 bridgehead atoms. The number of aryl methyl sites for hydroxylation is 2. The maximum atomic E-state index is 11.7. The Bertz CT molecular complexity index is 500. The van der Waals surface area contributed by atoms with Crippen molar-refractivity contribution in [2.24, 2.45) is 10.5 Å². The highest BCUT2D eigenvalue weighted by Crippen LogP contribution is 2.15. The number of nitrogens with one attached hydrogen (secondary N) is 1. The summed E-state index contributed by atoms with van der Waals surface area (Å²) in [5.74, 6) is 0.102. The molecule has 6 heteroatoms. The summed E-state index contributed by atoms with van der Waals surface area (Å²) in [6, 6.07) is 1.90. The molecule has 0 spiro atoms. The smallest absolute Gasteiger partial charge is 0.250 e. The fourth-order valence-corrected chi connectivity index (χ4v) is 1.98. The van der Waals surface area contributed by atoms with Crippen LogP contribution in [-0.2, 0) is 4.79 Å². The molecule has 110 valence electrons. The Morgan fingerprint density at radius 3 is 2.35 bits per heavy atom. The van der Waals surface area contributed by atoms with E-state index in [0.29, 0.717) is 5.16 Å². The molecule has 5 nitrogen and oxygen atoms in total. The lowest BCUT2D eigenvalue weighted by atomic mass is 9.91. The molecule has 1 rings (SSSR count). The maximum absolute atomic E-state index is 11.7. The predicted molar refractivity (Wildman–Crippen MR) is 82.9 cm³/mol. The van der Waals surface area contributed by atoms with Crippen LogP contribution in [0, 0.1) is 19.3 Å². The molecule has 1 aromatic heterocycles. The Morgan fingerprint density at radius 2 is 1.85 bits per heavy atom. The summed E-state index contributed by atoms with van der Waals surface area (Å²) in [7, 11) is 0. The molecule has 0 atom stereocenters. The van der Waals surface area contributed by atoms with Crippen molar-refractivity contribution in [2.45, 2.75) is 46.7 Å². The molecular weight excluding hydrogens is 272 g/mol. The summed E-state index contributed by atoms with van der Waals surface area (Å²) >= 11 is 1.31. The number of rotatable bonds is 4. The van der Waals surface area contributed by atoms with E-state index in [1.165, 1.54) is 11.8 Å². The molecule has 1 amide bonds. The van der Waals surface area contributed by atoms with Gasteiger partial charge in [0.25, 0.3) is 5.91 Å². The minimum Gasteiger partial charge on any atom is -0.272 e. The average molecular weight is 294 g/mol. The molecule has 1 heterocycles. The molecule has 0 aromatic carbocycles. The van der Waals surface area contributed by atoms with Crippen LogP contribution in [0.15, 0.2) is 16.3 Å². The van der Waals surface area contributed by atoms with Crippen LogP contribution < -0.4 is 5.43 Å². The minimum absolute atomic E-state index is 0.0445. The van der Waals surface area contributed by atoms with E-state index in [0.717, 1.165) is 17.1 Å². The Balaban J connectivity index is 2.52. The molecule has 0 aliphatic carbocycles. The number of hydrogen-bond donors (Lipinski definition) is 1. The fourth-order valence-electron chi connectivity index (χ4n) is 1.23. The van der Waals surface area contributed by atoms with Gasteiger partial charge in [0.15, 0.2) is 5.16 Å². The first-order valence-electron chi connectivity index (χ1n) is 6.47. The molecule has 0 fully saturated rings. The standard InChI is InChI=1S/C14H22N4OS/c1-9-7-10(2)16-13(15-9)20-8-12(19)18-17-11(3)14(4,5)6/h7H,8H2,1-6H3,(H,18,19)/b17-11+. The molecule has 0 saturated heterocycles. The van der Waals surface area contributed by atoms with Crippen LogP contribution in [0.3, 0.4) is 0 Å². The van der Waals surface area contributed by atoms with E-state index in [4.69, 9.17) is 0 Å². The van der Waals surface area contributed by atoms with Gasteiger partial charge in [0.1, 0.15) is 0 Å². The van der Waals surface area contributed by atoms with Crippen LogP contribution in [0.2, 0.25) is 0 Å². The summed E-state index contributed by atoms with van der Waals surface area (Å²) in [5, 5.41) is 4.73. The molecular formula is C14H22N4OS. The number of aromatic nitrogens is 2. The normalized spacial score (nSPS) is 12.4. The zero-order valence-corrected chi connectivity index (χ0v) is 13.8. The lowest BCUT2D eigenvalue weighted by Crippen LogP contribution is -2.25. The van der Waals surface area contributed by atoms with E-state index in [2.05, 4.69) is 41.3 Å². The molecule has 0 aliphatic heterocycles. The molecule has 0 aliphatic rings. The van der Waals surface area contributed by atoms with Crippen molar-refractivity contribution in [1.29, 1.82) is 0 Å². The van der Waals surface area contributed by atoms with Crippen molar-refractivity contribution in [1.82, 2.24) is 15.4 Å². The second-order valence-electron chi connectivity index (χ2n) is 5.70. The first-order valence-corrected chi connectivity index (χ1v) is 7.46. The molecule has 0 radical (unpaired) electrons. The van der Waals surface area contributed by atoms with E-state index in [9.17, 15) is 4.79 Å². The first-order chi connectivity index (χ1) is 9.18. The van der Waals surface area contributed by atoms with Gasteiger partial charge in [0.05, 0.1) is 5.75 Å². The summed E-state index contributed by atoms with van der Waals surface area (Å²) in [5.41, 5.74) is 5.21. The fraction of sp³-hybridized carbons (Fsp3) is 0.571. The van der Waals surface area contributed by atoms with Gasteiger partial charge < -0.3 is 0 Å². The van der Waals surface area contributed by atoms with Gasteiger partial charge in [-0.15, -0.1) is 0 Å². The average Bonchev–Trinajstić information content (AvgIpc) is 2.31. The van der Waals surface area contributed by atoms with Crippen LogP contribution in [0.5, 0.6) is 0 Å². The van der Waals surface area contributed by atoms with Gasteiger partial charge in [0.2, 0.25) is 0 Å². The van der Waals surface area contributed by atoms with Crippen molar-refractivity contribution < 1.29 is 4.79 Å². The third-order valence-corrected chi connectivity index (χ3v) is 3.58. The number of carbonyl (C=O) groups excluding carboxylic acids is 1. The lowest BCUT2D eigenvalue weighted by Gasteiger charge is -2.17. The molecule has 1 N–H and O–H groups in total. The summed E-state index contributed by atoms with van der Waals surface area (Å²) < 4.78 is 0. The topological polar surface area (TPSA) is 67.2 Å². The van der Waals surface area contributed by atoms with Crippen LogP contribution in [-0.4, -0.2) is 27.3 Å². The number of hydrogen-bond acceptors (Lipinski definition) is 5. The van der Waals surface area contributed by atoms with Gasteiger partial charge in [0, 0.05) is 22.5 Å². The Kier molecular flexibility index (Phi) is 5.68. The predicted octanol–water partition coefficient (Wildman–Crippen LogP) is 2.72. The van der Waals surface area contributed by atoms with Gasteiger partial charge in [-0.25, -0.2) is 15.4 Å². The first kappa shape index (κ1) is 16.6. The van der Waals surface area contributed by atoms with Crippen LogP contribution >= 0.6 is 11.8 Å². The minimum atomic E-state index is -0.152. The van der Waals surface area contributed by atoms with E-state index in [1.54, 1.807) is 0 Å². The van der Waals surface area contributed by atoms with Crippen molar-refractivity contribution in [3.63, 3.8) is 0 Å². The number of carbonyl (C=O) groups is 1. The van der Waals surface area contributed by atoms with Crippen molar-refractivity contribution in [3.8, 4) is 0 Å². The highest BCUT2D eigenvalue weighted by molar-refractivity contribution is 7.99. The number of amides is 1. The van der Waals surface area contributed by atoms with Crippen molar-refractivity contribution >= 4 is 23.4 Å². The number of hydrazone groups is 1. The third kappa shape index (κ3) is 5.69. The number of thioether (sulfide) groups is 1. The zero-order chi connectivity index (χ0) is 15.3. The van der Waals surface area contributed by atoms with Gasteiger partial charge in [-0.05, 0) is 26.8 Å². The summed E-state index contributed by atoms with van der Waals surface area (Å²) in [6.45, 7) is 11.9. The Labute approximate surface area is 124 Å². The maximum Gasteiger partial charge on any atom is 0.250 e. The zero-order valence-electron chi connectivity index (χ0n) is 12.9. The van der Waals surface area contributed by atoms with Crippen LogP contribution in [0.4, 0.5) is 0 Å². The van der Waals surface area contributed by atoms with E-state index in [1.807, 2.05) is 26.8 Å². The molecule has 1 aromatic rings. The van der Waals surface area contributed by atoms with Crippen molar-refractivity contribution in [2.75, 3.05) is 5.75 Å². The quantitative estimate of drug-likeness (QED) is 0.401. The second-order valence-corrected chi connectivity index (χ2v) is 6.65. The SMILES string of the molecule is C/C(=N\NC(=O)CSc1nc(C)cc(C)n1)C(C)(C)C. The van der Waals surface area contributed by atoms with Gasteiger partial charge in [-0.2, -0.15) is 5.10 Å². The monoisotopic (exact) mass is 294 g/mol. The van der Waals surface area contributed by atoms with Gasteiger partial charge in [-0.1, -0.05) is 32.5 Å². The second kappa shape index (κ2) is 6.83. The van der Waals surface area contributed by atoms with E-state index in [-0.39, 0.29) is 17.1 Å². The van der Waals surface area contributed by atoms with Gasteiger partial charge >= 0.3 is 0 Å². The largest absolute Gasteiger partial charge is 0.272 e. The highest BCUT2D eigenvalue weighted by Gasteiger charge is 2.14. The molecule has 0 saturated carbocycles.